The molecule has 2 aliphatic rings. The summed E-state index contributed by atoms with van der Waals surface area (Å²) in [4.78, 5) is 50.2. The van der Waals surface area contributed by atoms with Gasteiger partial charge in [0.2, 0.25) is 11.8 Å². The Morgan fingerprint density at radius 1 is 1.03 bits per heavy atom. The standard InChI is InChI=1S/C20H26N4O6/c1-21-7-9-29-11-12-30-10-8-22-14-4-2-3-13-17(14)20(28)24(19(13)27)15-5-6-16(25)23-18(15)26/h2-4,15,21-22H,5-12H2,1H3,(H,23,25,26). The van der Waals surface area contributed by atoms with E-state index in [1.165, 1.54) is 0 Å². The van der Waals surface area contributed by atoms with Crippen molar-refractivity contribution in [1.29, 1.82) is 0 Å². The molecule has 2 aliphatic heterocycles. The monoisotopic (exact) mass is 418 g/mol. The lowest BCUT2D eigenvalue weighted by Crippen LogP contribution is -2.54. The van der Waals surface area contributed by atoms with E-state index in [1.807, 2.05) is 7.05 Å². The molecule has 162 valence electrons. The predicted molar refractivity (Wildman–Crippen MR) is 107 cm³/mol. The van der Waals surface area contributed by atoms with E-state index in [4.69, 9.17) is 9.47 Å². The van der Waals surface area contributed by atoms with E-state index < -0.39 is 29.7 Å². The van der Waals surface area contributed by atoms with Gasteiger partial charge in [-0.15, -0.1) is 0 Å². The molecule has 0 bridgehead atoms. The number of carbonyl (C=O) groups is 4. The summed E-state index contributed by atoms with van der Waals surface area (Å²) in [7, 11) is 1.86. The Morgan fingerprint density at radius 2 is 1.77 bits per heavy atom. The molecule has 0 aromatic heterocycles. The third kappa shape index (κ3) is 4.84. The van der Waals surface area contributed by atoms with Crippen molar-refractivity contribution < 1.29 is 28.7 Å². The quantitative estimate of drug-likeness (QED) is 0.332. The predicted octanol–water partition coefficient (Wildman–Crippen LogP) is -0.248. The first-order valence-electron chi connectivity index (χ1n) is 9.93. The first-order chi connectivity index (χ1) is 14.5. The van der Waals surface area contributed by atoms with Gasteiger partial charge >= 0.3 is 0 Å². The third-order valence-electron chi connectivity index (χ3n) is 4.90. The molecule has 1 fully saturated rings. The zero-order valence-electron chi connectivity index (χ0n) is 16.9. The summed E-state index contributed by atoms with van der Waals surface area (Å²) in [6.45, 7) is 3.19. The minimum absolute atomic E-state index is 0.0882. The normalized spacial score (nSPS) is 18.6. The van der Waals surface area contributed by atoms with Crippen LogP contribution in [0.15, 0.2) is 18.2 Å². The lowest BCUT2D eigenvalue weighted by Gasteiger charge is -2.27. The first kappa shape index (κ1) is 21.9. The Labute approximate surface area is 174 Å². The van der Waals surface area contributed by atoms with E-state index in [-0.39, 0.29) is 24.0 Å². The second-order valence-electron chi connectivity index (χ2n) is 6.93. The molecular formula is C20H26N4O6. The molecule has 1 atom stereocenters. The summed E-state index contributed by atoms with van der Waals surface area (Å²) in [5, 5.41) is 8.29. The van der Waals surface area contributed by atoms with Gasteiger partial charge in [0.25, 0.3) is 11.8 Å². The van der Waals surface area contributed by atoms with Gasteiger partial charge in [0, 0.05) is 25.2 Å². The van der Waals surface area contributed by atoms with Crippen LogP contribution in [0.5, 0.6) is 0 Å². The average Bonchev–Trinajstić information content (AvgIpc) is 2.98. The van der Waals surface area contributed by atoms with Crippen molar-refractivity contribution in [2.75, 3.05) is 51.9 Å². The average molecular weight is 418 g/mol. The number of imide groups is 2. The Bertz CT molecular complexity index is 828. The number of hydrogen-bond donors (Lipinski definition) is 3. The van der Waals surface area contributed by atoms with Gasteiger partial charge in [0.15, 0.2) is 0 Å². The number of nitrogens with zero attached hydrogens (tertiary/aromatic N) is 1. The number of fused-ring (bicyclic) bond motifs is 1. The van der Waals surface area contributed by atoms with Crippen molar-refractivity contribution >= 4 is 29.3 Å². The molecule has 3 N–H and O–H groups in total. The number of rotatable bonds is 11. The number of ether oxygens (including phenoxy) is 2. The molecule has 10 nitrogen and oxygen atoms in total. The third-order valence-corrected chi connectivity index (χ3v) is 4.90. The Balaban J connectivity index is 1.56. The second kappa shape index (κ2) is 10.3. The van der Waals surface area contributed by atoms with Gasteiger partial charge in [-0.05, 0) is 25.6 Å². The number of hydrogen-bond acceptors (Lipinski definition) is 8. The van der Waals surface area contributed by atoms with E-state index in [1.54, 1.807) is 18.2 Å². The summed E-state index contributed by atoms with van der Waals surface area (Å²) in [6, 6.07) is 3.97. The minimum Gasteiger partial charge on any atom is -0.382 e. The molecule has 30 heavy (non-hydrogen) atoms. The molecule has 1 saturated heterocycles. The van der Waals surface area contributed by atoms with Gasteiger partial charge < -0.3 is 20.1 Å². The highest BCUT2D eigenvalue weighted by molar-refractivity contribution is 6.25. The number of benzene rings is 1. The lowest BCUT2D eigenvalue weighted by molar-refractivity contribution is -0.136. The van der Waals surface area contributed by atoms with Crippen molar-refractivity contribution in [3.05, 3.63) is 29.3 Å². The number of amides is 4. The second-order valence-corrected chi connectivity index (χ2v) is 6.93. The fraction of sp³-hybridized carbons (Fsp3) is 0.500. The maximum Gasteiger partial charge on any atom is 0.264 e. The van der Waals surface area contributed by atoms with Gasteiger partial charge in [-0.2, -0.15) is 0 Å². The fourth-order valence-electron chi connectivity index (χ4n) is 3.42. The lowest BCUT2D eigenvalue weighted by atomic mass is 10.0. The number of likely N-dealkylation sites (N-methyl/N-ethyl adjacent to an activating group) is 1. The first-order valence-corrected chi connectivity index (χ1v) is 9.93. The number of anilines is 1. The molecule has 0 radical (unpaired) electrons. The van der Waals surface area contributed by atoms with E-state index in [2.05, 4.69) is 16.0 Å². The SMILES string of the molecule is CNCCOCCOCCNc1cccc2c1C(=O)N(C1CCC(=O)NC1=O)C2=O. The minimum atomic E-state index is -0.978. The Hall–Kier alpha value is -2.82. The highest BCUT2D eigenvalue weighted by Gasteiger charge is 2.45. The molecule has 1 aromatic carbocycles. The van der Waals surface area contributed by atoms with Crippen LogP contribution in [0.3, 0.4) is 0 Å². The zero-order chi connectivity index (χ0) is 21.5. The smallest absolute Gasteiger partial charge is 0.264 e. The van der Waals surface area contributed by atoms with Gasteiger partial charge in [0.05, 0.1) is 37.6 Å². The van der Waals surface area contributed by atoms with Crippen LogP contribution in [0.25, 0.3) is 0 Å². The molecule has 4 amide bonds. The topological polar surface area (TPSA) is 126 Å². The van der Waals surface area contributed by atoms with Crippen LogP contribution < -0.4 is 16.0 Å². The summed E-state index contributed by atoms with van der Waals surface area (Å²) in [6.07, 6.45) is 0.216. The van der Waals surface area contributed by atoms with Crippen molar-refractivity contribution in [2.45, 2.75) is 18.9 Å². The summed E-state index contributed by atoms with van der Waals surface area (Å²) >= 11 is 0. The van der Waals surface area contributed by atoms with Crippen LogP contribution in [0.2, 0.25) is 0 Å². The summed E-state index contributed by atoms with van der Waals surface area (Å²) in [5.41, 5.74) is 0.991. The van der Waals surface area contributed by atoms with Crippen molar-refractivity contribution in [1.82, 2.24) is 15.5 Å². The molecule has 0 saturated carbocycles. The van der Waals surface area contributed by atoms with Gasteiger partial charge in [-0.1, -0.05) is 6.07 Å². The number of carbonyl (C=O) groups excluding carboxylic acids is 4. The maximum atomic E-state index is 13.0. The number of nitrogens with one attached hydrogen (secondary N) is 3. The molecule has 3 rings (SSSR count). The zero-order valence-corrected chi connectivity index (χ0v) is 16.9. The van der Waals surface area contributed by atoms with Gasteiger partial charge in [-0.25, -0.2) is 0 Å². The highest BCUT2D eigenvalue weighted by atomic mass is 16.5. The summed E-state index contributed by atoms with van der Waals surface area (Å²) in [5.74, 6) is -2.09. The largest absolute Gasteiger partial charge is 0.382 e. The van der Waals surface area contributed by atoms with Crippen LogP contribution in [0, 0.1) is 0 Å². The van der Waals surface area contributed by atoms with E-state index >= 15 is 0 Å². The van der Waals surface area contributed by atoms with Crippen molar-refractivity contribution in [3.8, 4) is 0 Å². The number of piperidine rings is 1. The Kier molecular flexibility index (Phi) is 7.50. The van der Waals surface area contributed by atoms with E-state index in [0.717, 1.165) is 11.4 Å². The van der Waals surface area contributed by atoms with Crippen LogP contribution in [-0.4, -0.2) is 81.1 Å². The molecular weight excluding hydrogens is 392 g/mol. The molecule has 2 heterocycles. The molecule has 1 unspecified atom stereocenters. The van der Waals surface area contributed by atoms with Crippen LogP contribution >= 0.6 is 0 Å². The van der Waals surface area contributed by atoms with Crippen LogP contribution in [-0.2, 0) is 19.1 Å². The van der Waals surface area contributed by atoms with Crippen LogP contribution in [0.4, 0.5) is 5.69 Å². The van der Waals surface area contributed by atoms with E-state index in [0.29, 0.717) is 38.7 Å². The van der Waals surface area contributed by atoms with E-state index in [9.17, 15) is 19.2 Å². The van der Waals surface area contributed by atoms with Crippen molar-refractivity contribution in [3.63, 3.8) is 0 Å². The van der Waals surface area contributed by atoms with Crippen LogP contribution in [0.1, 0.15) is 33.6 Å². The maximum absolute atomic E-state index is 13.0. The Morgan fingerprint density at radius 3 is 2.47 bits per heavy atom. The van der Waals surface area contributed by atoms with Crippen molar-refractivity contribution in [2.24, 2.45) is 0 Å². The van der Waals surface area contributed by atoms with Gasteiger partial charge in [-0.3, -0.25) is 29.4 Å². The molecule has 10 heteroatoms. The molecule has 0 aliphatic carbocycles. The van der Waals surface area contributed by atoms with Gasteiger partial charge in [0.1, 0.15) is 6.04 Å². The fourth-order valence-corrected chi connectivity index (χ4v) is 3.42. The summed E-state index contributed by atoms with van der Waals surface area (Å²) < 4.78 is 10.8. The molecule has 0 spiro atoms. The highest BCUT2D eigenvalue weighted by Crippen LogP contribution is 2.32. The molecule has 1 aromatic rings.